The molecule has 0 aliphatic rings. The number of pyridine rings is 1. The molecule has 6 nitrogen and oxygen atoms in total. The Hall–Kier alpha value is -2.54. The lowest BCUT2D eigenvalue weighted by molar-refractivity contribution is 0.417. The Morgan fingerprint density at radius 1 is 1.20 bits per heavy atom. The zero-order valence-electron chi connectivity index (χ0n) is 14.4. The predicted molar refractivity (Wildman–Crippen MR) is 98.4 cm³/mol. The van der Waals surface area contributed by atoms with Crippen LogP contribution in [0.25, 0.3) is 11.0 Å². The third-order valence-corrected chi connectivity index (χ3v) is 5.19. The van der Waals surface area contributed by atoms with E-state index in [1.165, 1.54) is 7.11 Å². The summed E-state index contributed by atoms with van der Waals surface area (Å²) in [5, 5.41) is 0.602. The number of methoxy groups -OCH3 is 1. The standard InChI is InChI=1S/C18H21N3O3S/c1-13(2)11-21-12-17(14-7-6-10-19-18(14)21)25(22,23)20-15-8-4-5-9-16(15)24-3/h4-10,12-13,20H,11H2,1-3H3. The first-order valence-corrected chi connectivity index (χ1v) is 9.50. The Kier molecular flexibility index (Phi) is 4.67. The summed E-state index contributed by atoms with van der Waals surface area (Å²) in [4.78, 5) is 4.57. The van der Waals surface area contributed by atoms with Crippen LogP contribution in [0, 0.1) is 5.92 Å². The lowest BCUT2D eigenvalue weighted by atomic mass is 10.2. The second kappa shape index (κ2) is 6.76. The molecular formula is C18H21N3O3S. The van der Waals surface area contributed by atoms with E-state index in [2.05, 4.69) is 23.6 Å². The molecule has 0 aliphatic carbocycles. The van der Waals surface area contributed by atoms with E-state index in [4.69, 9.17) is 4.74 Å². The first kappa shape index (κ1) is 17.3. The molecule has 1 N–H and O–H groups in total. The molecule has 3 aromatic rings. The minimum absolute atomic E-state index is 0.210. The molecule has 1 aromatic carbocycles. The number of aromatic nitrogens is 2. The number of sulfonamides is 1. The molecule has 3 rings (SSSR count). The van der Waals surface area contributed by atoms with Crippen LogP contribution < -0.4 is 9.46 Å². The van der Waals surface area contributed by atoms with Crippen LogP contribution >= 0.6 is 0 Å². The van der Waals surface area contributed by atoms with Crippen LogP contribution in [0.3, 0.4) is 0 Å². The highest BCUT2D eigenvalue weighted by Crippen LogP contribution is 2.30. The molecule has 0 radical (unpaired) electrons. The van der Waals surface area contributed by atoms with Gasteiger partial charge in [-0.25, -0.2) is 13.4 Å². The SMILES string of the molecule is COc1ccccc1NS(=O)(=O)c1cn(CC(C)C)c2ncccc12. The molecule has 2 aromatic heterocycles. The molecule has 7 heteroatoms. The van der Waals surface area contributed by atoms with Crippen molar-refractivity contribution in [2.75, 3.05) is 11.8 Å². The van der Waals surface area contributed by atoms with Crippen molar-refractivity contribution in [2.45, 2.75) is 25.3 Å². The zero-order valence-corrected chi connectivity index (χ0v) is 15.2. The monoisotopic (exact) mass is 359 g/mol. The normalized spacial score (nSPS) is 11.8. The van der Waals surface area contributed by atoms with Gasteiger partial charge < -0.3 is 9.30 Å². The van der Waals surface area contributed by atoms with Crippen molar-refractivity contribution < 1.29 is 13.2 Å². The smallest absolute Gasteiger partial charge is 0.264 e. The van der Waals surface area contributed by atoms with Crippen molar-refractivity contribution in [3.8, 4) is 5.75 Å². The summed E-state index contributed by atoms with van der Waals surface area (Å²) in [5.41, 5.74) is 1.07. The molecule has 0 saturated carbocycles. The van der Waals surface area contributed by atoms with Crippen molar-refractivity contribution in [3.05, 3.63) is 48.8 Å². The van der Waals surface area contributed by atoms with Gasteiger partial charge in [-0.05, 0) is 30.2 Å². The van der Waals surface area contributed by atoms with E-state index >= 15 is 0 Å². The topological polar surface area (TPSA) is 73.2 Å². The Morgan fingerprint density at radius 3 is 2.68 bits per heavy atom. The Labute approximate surface area is 147 Å². The van der Waals surface area contributed by atoms with E-state index in [1.54, 1.807) is 48.8 Å². The molecule has 0 fully saturated rings. The fourth-order valence-corrected chi connectivity index (χ4v) is 4.05. The van der Waals surface area contributed by atoms with Gasteiger partial charge in [-0.1, -0.05) is 26.0 Å². The largest absolute Gasteiger partial charge is 0.495 e. The van der Waals surface area contributed by atoms with Crippen LogP contribution in [0.1, 0.15) is 13.8 Å². The van der Waals surface area contributed by atoms with E-state index in [0.29, 0.717) is 34.9 Å². The van der Waals surface area contributed by atoms with Gasteiger partial charge >= 0.3 is 0 Å². The van der Waals surface area contributed by atoms with Gasteiger partial charge in [0.1, 0.15) is 16.3 Å². The van der Waals surface area contributed by atoms with Crippen LogP contribution in [-0.2, 0) is 16.6 Å². The minimum Gasteiger partial charge on any atom is -0.495 e. The van der Waals surface area contributed by atoms with E-state index < -0.39 is 10.0 Å². The van der Waals surface area contributed by atoms with Gasteiger partial charge in [0.05, 0.1) is 12.8 Å². The summed E-state index contributed by atoms with van der Waals surface area (Å²) in [7, 11) is -2.27. The number of fused-ring (bicyclic) bond motifs is 1. The quantitative estimate of drug-likeness (QED) is 0.731. The van der Waals surface area contributed by atoms with Crippen LogP contribution in [0.5, 0.6) is 5.75 Å². The molecule has 0 atom stereocenters. The second-order valence-corrected chi connectivity index (χ2v) is 7.87. The Balaban J connectivity index is 2.08. The third-order valence-electron chi connectivity index (χ3n) is 3.80. The molecule has 0 saturated heterocycles. The number of para-hydroxylation sites is 2. The summed E-state index contributed by atoms with van der Waals surface area (Å²) < 4.78 is 35.7. The lowest BCUT2D eigenvalue weighted by Crippen LogP contribution is -2.13. The average molecular weight is 359 g/mol. The summed E-state index contributed by atoms with van der Waals surface area (Å²) in [6.45, 7) is 4.85. The number of hydrogen-bond acceptors (Lipinski definition) is 4. The number of benzene rings is 1. The van der Waals surface area contributed by atoms with Gasteiger partial charge in [0.25, 0.3) is 10.0 Å². The lowest BCUT2D eigenvalue weighted by Gasteiger charge is -2.11. The highest BCUT2D eigenvalue weighted by Gasteiger charge is 2.23. The molecule has 0 unspecified atom stereocenters. The van der Waals surface area contributed by atoms with Gasteiger partial charge in [0, 0.05) is 24.3 Å². The molecular weight excluding hydrogens is 338 g/mol. The van der Waals surface area contributed by atoms with Gasteiger partial charge in [0.15, 0.2) is 0 Å². The molecule has 25 heavy (non-hydrogen) atoms. The van der Waals surface area contributed by atoms with Crippen molar-refractivity contribution in [2.24, 2.45) is 5.92 Å². The highest BCUT2D eigenvalue weighted by atomic mass is 32.2. The fraction of sp³-hybridized carbons (Fsp3) is 0.278. The van der Waals surface area contributed by atoms with Crippen LogP contribution in [0.15, 0.2) is 53.7 Å². The average Bonchev–Trinajstić information content (AvgIpc) is 2.94. The molecule has 0 aliphatic heterocycles. The fourth-order valence-electron chi connectivity index (χ4n) is 2.77. The Bertz CT molecular complexity index is 994. The number of anilines is 1. The maximum Gasteiger partial charge on any atom is 0.264 e. The minimum atomic E-state index is -3.78. The van der Waals surface area contributed by atoms with E-state index in [-0.39, 0.29) is 4.90 Å². The van der Waals surface area contributed by atoms with Crippen LogP contribution in [-0.4, -0.2) is 25.1 Å². The first-order chi connectivity index (χ1) is 11.9. The third kappa shape index (κ3) is 3.46. The summed E-state index contributed by atoms with van der Waals surface area (Å²) in [5.74, 6) is 0.838. The van der Waals surface area contributed by atoms with Crippen LogP contribution in [0.4, 0.5) is 5.69 Å². The molecule has 0 amide bonds. The van der Waals surface area contributed by atoms with Crippen molar-refractivity contribution >= 4 is 26.7 Å². The van der Waals surface area contributed by atoms with Crippen LogP contribution in [0.2, 0.25) is 0 Å². The van der Waals surface area contributed by atoms with E-state index in [0.717, 1.165) is 0 Å². The molecule has 0 bridgehead atoms. The number of rotatable bonds is 6. The second-order valence-electron chi connectivity index (χ2n) is 6.22. The number of ether oxygens (including phenoxy) is 1. The first-order valence-electron chi connectivity index (χ1n) is 8.02. The summed E-state index contributed by atoms with van der Waals surface area (Å²) in [6, 6.07) is 10.4. The maximum absolute atomic E-state index is 13.0. The maximum atomic E-state index is 13.0. The number of hydrogen-bond donors (Lipinski definition) is 1. The molecule has 2 heterocycles. The summed E-state index contributed by atoms with van der Waals surface area (Å²) in [6.07, 6.45) is 3.32. The van der Waals surface area contributed by atoms with Gasteiger partial charge in [-0.3, -0.25) is 4.72 Å². The van der Waals surface area contributed by atoms with Crippen molar-refractivity contribution in [1.29, 1.82) is 0 Å². The highest BCUT2D eigenvalue weighted by molar-refractivity contribution is 7.93. The molecule has 0 spiro atoms. The van der Waals surface area contributed by atoms with Gasteiger partial charge in [0.2, 0.25) is 0 Å². The van der Waals surface area contributed by atoms with Crippen molar-refractivity contribution in [1.82, 2.24) is 9.55 Å². The number of nitrogens with zero attached hydrogens (tertiary/aromatic N) is 2. The predicted octanol–water partition coefficient (Wildman–Crippen LogP) is 3.50. The number of nitrogens with one attached hydrogen (secondary N) is 1. The van der Waals surface area contributed by atoms with Gasteiger partial charge in [-0.2, -0.15) is 0 Å². The van der Waals surface area contributed by atoms with E-state index in [9.17, 15) is 8.42 Å². The van der Waals surface area contributed by atoms with Gasteiger partial charge in [-0.15, -0.1) is 0 Å². The van der Waals surface area contributed by atoms with E-state index in [1.807, 2.05) is 4.57 Å². The zero-order chi connectivity index (χ0) is 18.0. The molecule has 132 valence electrons. The van der Waals surface area contributed by atoms with Crippen molar-refractivity contribution in [3.63, 3.8) is 0 Å². The summed E-state index contributed by atoms with van der Waals surface area (Å²) >= 11 is 0. The Morgan fingerprint density at radius 2 is 1.96 bits per heavy atom.